The van der Waals surface area contributed by atoms with E-state index in [0.29, 0.717) is 0 Å². The van der Waals surface area contributed by atoms with Crippen LogP contribution < -0.4 is 4.74 Å². The number of aliphatic hydroxyl groups is 1. The van der Waals surface area contributed by atoms with Gasteiger partial charge in [-0.2, -0.15) is 0 Å². The Labute approximate surface area is 127 Å². The summed E-state index contributed by atoms with van der Waals surface area (Å²) in [5.41, 5.74) is 1.08. The minimum atomic E-state index is 0.0635. The van der Waals surface area contributed by atoms with Gasteiger partial charge in [0.15, 0.2) is 0 Å². The molecule has 3 rings (SSSR count). The van der Waals surface area contributed by atoms with E-state index in [-0.39, 0.29) is 17.1 Å². The van der Waals surface area contributed by atoms with Crippen molar-refractivity contribution in [1.82, 2.24) is 0 Å². The first-order valence-electron chi connectivity index (χ1n) is 6.49. The van der Waals surface area contributed by atoms with Crippen LogP contribution in [0.5, 0.6) is 5.75 Å². The highest BCUT2D eigenvalue weighted by atomic mass is 32.2. The fourth-order valence-corrected chi connectivity index (χ4v) is 5.47. The minimum absolute atomic E-state index is 0.0635. The van der Waals surface area contributed by atoms with E-state index in [9.17, 15) is 5.11 Å². The summed E-state index contributed by atoms with van der Waals surface area (Å²) < 4.78 is 5.72. The first-order chi connectivity index (χ1) is 9.83. The SMILES string of the molecule is COc1ccccc1C(CO)C1Sc2ccccc2S1. The fourth-order valence-electron chi connectivity index (χ4n) is 2.39. The molecule has 0 fully saturated rings. The second kappa shape index (κ2) is 6.12. The van der Waals surface area contributed by atoms with Crippen molar-refractivity contribution in [2.45, 2.75) is 20.3 Å². The lowest BCUT2D eigenvalue weighted by atomic mass is 10.0. The van der Waals surface area contributed by atoms with Gasteiger partial charge in [0.25, 0.3) is 0 Å². The molecule has 1 atom stereocenters. The third kappa shape index (κ3) is 2.55. The summed E-state index contributed by atoms with van der Waals surface area (Å²) in [4.78, 5) is 2.60. The van der Waals surface area contributed by atoms with Crippen LogP contribution in [0.25, 0.3) is 0 Å². The lowest BCUT2D eigenvalue weighted by Gasteiger charge is -2.22. The summed E-state index contributed by atoms with van der Waals surface area (Å²) in [5.74, 6) is 0.914. The average molecular weight is 304 g/mol. The smallest absolute Gasteiger partial charge is 0.122 e. The first-order valence-corrected chi connectivity index (χ1v) is 8.25. The van der Waals surface area contributed by atoms with E-state index in [2.05, 4.69) is 24.3 Å². The molecule has 104 valence electrons. The maximum atomic E-state index is 9.86. The molecule has 2 aromatic rings. The number of hydrogen-bond donors (Lipinski definition) is 1. The van der Waals surface area contributed by atoms with E-state index in [1.165, 1.54) is 9.79 Å². The van der Waals surface area contributed by atoms with E-state index >= 15 is 0 Å². The van der Waals surface area contributed by atoms with Crippen molar-refractivity contribution in [3.8, 4) is 5.75 Å². The molecule has 1 unspecified atom stereocenters. The quantitative estimate of drug-likeness (QED) is 0.924. The van der Waals surface area contributed by atoms with Gasteiger partial charge in [-0.1, -0.05) is 30.3 Å². The number of fused-ring (bicyclic) bond motifs is 1. The van der Waals surface area contributed by atoms with Crippen LogP contribution in [0, 0.1) is 0 Å². The standard InChI is InChI=1S/C16H16O2S2/c1-18-13-7-3-2-6-11(13)12(10-17)16-19-14-8-4-5-9-15(14)20-16/h2-9,12,16-17H,10H2,1H3. The zero-order valence-corrected chi connectivity index (χ0v) is 12.8. The third-order valence-electron chi connectivity index (χ3n) is 3.40. The summed E-state index contributed by atoms with van der Waals surface area (Å²) in [6.45, 7) is 0.124. The molecular formula is C16H16O2S2. The van der Waals surface area contributed by atoms with Crippen molar-refractivity contribution in [2.75, 3.05) is 13.7 Å². The molecule has 0 amide bonds. The van der Waals surface area contributed by atoms with E-state index < -0.39 is 0 Å². The molecule has 20 heavy (non-hydrogen) atoms. The van der Waals surface area contributed by atoms with Crippen LogP contribution in [0.4, 0.5) is 0 Å². The maximum Gasteiger partial charge on any atom is 0.122 e. The lowest BCUT2D eigenvalue weighted by molar-refractivity contribution is 0.268. The van der Waals surface area contributed by atoms with Crippen LogP contribution in [0.2, 0.25) is 0 Å². The lowest BCUT2D eigenvalue weighted by Crippen LogP contribution is -2.15. The van der Waals surface area contributed by atoms with Crippen molar-refractivity contribution in [2.24, 2.45) is 0 Å². The Balaban J connectivity index is 1.89. The van der Waals surface area contributed by atoms with Crippen LogP contribution >= 0.6 is 23.5 Å². The molecule has 2 aromatic carbocycles. The molecule has 0 aromatic heterocycles. The van der Waals surface area contributed by atoms with Gasteiger partial charge in [0.05, 0.1) is 18.3 Å². The number of aliphatic hydroxyl groups excluding tert-OH is 1. The Morgan fingerprint density at radius 2 is 1.65 bits per heavy atom. The van der Waals surface area contributed by atoms with Gasteiger partial charge in [0.1, 0.15) is 5.75 Å². The van der Waals surface area contributed by atoms with Gasteiger partial charge in [0, 0.05) is 21.3 Å². The number of benzene rings is 2. The number of thioether (sulfide) groups is 2. The Morgan fingerprint density at radius 1 is 1.05 bits per heavy atom. The highest BCUT2D eigenvalue weighted by Gasteiger charge is 2.32. The summed E-state index contributed by atoms with van der Waals surface area (Å²) in [6.07, 6.45) is 0. The van der Waals surface area contributed by atoms with Crippen LogP contribution in [-0.4, -0.2) is 23.4 Å². The zero-order chi connectivity index (χ0) is 13.9. The van der Waals surface area contributed by atoms with Gasteiger partial charge in [0.2, 0.25) is 0 Å². The van der Waals surface area contributed by atoms with Crippen LogP contribution in [-0.2, 0) is 0 Å². The van der Waals surface area contributed by atoms with Crippen molar-refractivity contribution in [3.63, 3.8) is 0 Å². The van der Waals surface area contributed by atoms with Gasteiger partial charge in [-0.3, -0.25) is 0 Å². The molecule has 1 aliphatic rings. The van der Waals surface area contributed by atoms with Crippen molar-refractivity contribution in [3.05, 3.63) is 54.1 Å². The minimum Gasteiger partial charge on any atom is -0.496 e. The molecule has 2 nitrogen and oxygen atoms in total. The molecular weight excluding hydrogens is 288 g/mol. The monoisotopic (exact) mass is 304 g/mol. The van der Waals surface area contributed by atoms with Crippen LogP contribution in [0.1, 0.15) is 11.5 Å². The maximum absolute atomic E-state index is 9.86. The molecule has 0 bridgehead atoms. The molecule has 0 spiro atoms. The molecule has 1 aliphatic heterocycles. The number of hydrogen-bond acceptors (Lipinski definition) is 4. The average Bonchev–Trinajstić information content (AvgIpc) is 2.92. The number of para-hydroxylation sites is 1. The fraction of sp³-hybridized carbons (Fsp3) is 0.250. The predicted octanol–water partition coefficient (Wildman–Crippen LogP) is 4.00. The Bertz CT molecular complexity index is 576. The largest absolute Gasteiger partial charge is 0.496 e. The molecule has 4 heteroatoms. The molecule has 1 N–H and O–H groups in total. The summed E-state index contributed by atoms with van der Waals surface area (Å²) >= 11 is 3.66. The molecule has 0 radical (unpaired) electrons. The molecule has 0 saturated carbocycles. The van der Waals surface area contributed by atoms with Crippen LogP contribution in [0.3, 0.4) is 0 Å². The van der Waals surface area contributed by atoms with Gasteiger partial charge in [-0.15, -0.1) is 23.5 Å². The topological polar surface area (TPSA) is 29.5 Å². The summed E-state index contributed by atoms with van der Waals surface area (Å²) in [5, 5.41) is 9.86. The van der Waals surface area contributed by atoms with Gasteiger partial charge in [-0.25, -0.2) is 0 Å². The number of ether oxygens (including phenoxy) is 1. The van der Waals surface area contributed by atoms with Gasteiger partial charge < -0.3 is 9.84 Å². The summed E-state index contributed by atoms with van der Waals surface area (Å²) in [7, 11) is 1.68. The van der Waals surface area contributed by atoms with E-state index in [1.807, 2.05) is 47.8 Å². The first kappa shape index (κ1) is 13.9. The molecule has 0 aliphatic carbocycles. The van der Waals surface area contributed by atoms with Gasteiger partial charge in [-0.05, 0) is 18.2 Å². The highest BCUT2D eigenvalue weighted by Crippen LogP contribution is 2.53. The Morgan fingerprint density at radius 3 is 2.25 bits per heavy atom. The van der Waals surface area contributed by atoms with Crippen molar-refractivity contribution < 1.29 is 9.84 Å². The van der Waals surface area contributed by atoms with E-state index in [1.54, 1.807) is 7.11 Å². The highest BCUT2D eigenvalue weighted by molar-refractivity contribution is 8.19. The molecule has 1 heterocycles. The van der Waals surface area contributed by atoms with Crippen molar-refractivity contribution >= 4 is 23.5 Å². The number of methoxy groups -OCH3 is 1. The second-order valence-corrected chi connectivity index (χ2v) is 7.25. The van der Waals surface area contributed by atoms with Crippen LogP contribution in [0.15, 0.2) is 58.3 Å². The van der Waals surface area contributed by atoms with Gasteiger partial charge >= 0.3 is 0 Å². The second-order valence-electron chi connectivity index (χ2n) is 4.58. The number of rotatable bonds is 4. The Kier molecular flexibility index (Phi) is 4.24. The Hall–Kier alpha value is -1.10. The third-order valence-corrected chi connectivity index (χ3v) is 6.45. The van der Waals surface area contributed by atoms with E-state index in [4.69, 9.17) is 4.74 Å². The zero-order valence-electron chi connectivity index (χ0n) is 11.2. The van der Waals surface area contributed by atoms with Crippen molar-refractivity contribution in [1.29, 1.82) is 0 Å². The molecule has 0 saturated heterocycles. The predicted molar refractivity (Wildman–Crippen MR) is 84.8 cm³/mol. The summed E-state index contributed by atoms with van der Waals surface area (Å²) in [6, 6.07) is 16.4. The normalized spacial score (nSPS) is 15.9. The van der Waals surface area contributed by atoms with E-state index in [0.717, 1.165) is 11.3 Å².